The number of nitrogens with one attached hydrogen (secondary N) is 1. The molecule has 1 aliphatic heterocycles. The Morgan fingerprint density at radius 1 is 1.20 bits per heavy atom. The Morgan fingerprint density at radius 2 is 2.00 bits per heavy atom. The minimum Gasteiger partial charge on any atom is -0.454 e. The summed E-state index contributed by atoms with van der Waals surface area (Å²) in [6.45, 7) is 0.159. The predicted molar refractivity (Wildman–Crippen MR) is 107 cm³/mol. The molecule has 0 bridgehead atoms. The highest BCUT2D eigenvalue weighted by molar-refractivity contribution is 7.11. The summed E-state index contributed by atoms with van der Waals surface area (Å²) in [7, 11) is 0. The number of nitrogens with zero attached hydrogens (tertiary/aromatic N) is 2. The van der Waals surface area contributed by atoms with E-state index in [0.717, 1.165) is 23.8 Å². The second-order valence-electron chi connectivity index (χ2n) is 6.11. The van der Waals surface area contributed by atoms with Gasteiger partial charge in [-0.3, -0.25) is 0 Å². The Bertz CT molecular complexity index is 1180. The quantitative estimate of drug-likeness (QED) is 0.481. The van der Waals surface area contributed by atoms with E-state index in [4.69, 9.17) is 21.1 Å². The van der Waals surface area contributed by atoms with Gasteiger partial charge in [-0.1, -0.05) is 11.6 Å². The van der Waals surface area contributed by atoms with Crippen LogP contribution in [0.5, 0.6) is 11.5 Å². The van der Waals surface area contributed by atoms with Crippen LogP contribution in [-0.2, 0) is 6.18 Å². The first-order valence-electron chi connectivity index (χ1n) is 8.44. The van der Waals surface area contributed by atoms with Gasteiger partial charge in [0.1, 0.15) is 16.6 Å². The van der Waals surface area contributed by atoms with Crippen molar-refractivity contribution in [1.29, 1.82) is 5.26 Å². The smallest absolute Gasteiger partial charge is 0.416 e. The molecule has 1 N–H and O–H groups in total. The maximum atomic E-state index is 12.9. The van der Waals surface area contributed by atoms with E-state index in [2.05, 4.69) is 10.3 Å². The van der Waals surface area contributed by atoms with Gasteiger partial charge in [0, 0.05) is 17.1 Å². The van der Waals surface area contributed by atoms with Gasteiger partial charge in [0.05, 0.1) is 22.0 Å². The number of alkyl halides is 3. The number of allylic oxidation sites excluding steroid dienone is 1. The zero-order valence-corrected chi connectivity index (χ0v) is 16.5. The molecule has 30 heavy (non-hydrogen) atoms. The molecule has 0 spiro atoms. The number of thiazole rings is 1. The van der Waals surface area contributed by atoms with Crippen molar-refractivity contribution in [2.45, 2.75) is 6.18 Å². The monoisotopic (exact) mass is 449 g/mol. The van der Waals surface area contributed by atoms with Crippen LogP contribution in [0, 0.1) is 11.3 Å². The van der Waals surface area contributed by atoms with Crippen molar-refractivity contribution in [3.8, 4) is 28.8 Å². The van der Waals surface area contributed by atoms with Crippen LogP contribution in [0.2, 0.25) is 5.02 Å². The largest absolute Gasteiger partial charge is 0.454 e. The molecule has 152 valence electrons. The highest BCUT2D eigenvalue weighted by Gasteiger charge is 2.30. The third-order valence-electron chi connectivity index (χ3n) is 4.19. The molecule has 0 unspecified atom stereocenters. The first kappa shape index (κ1) is 20.1. The van der Waals surface area contributed by atoms with Crippen LogP contribution in [0.15, 0.2) is 48.0 Å². The van der Waals surface area contributed by atoms with Crippen LogP contribution < -0.4 is 14.8 Å². The van der Waals surface area contributed by atoms with E-state index in [1.807, 2.05) is 12.1 Å². The van der Waals surface area contributed by atoms with E-state index in [1.165, 1.54) is 17.5 Å². The van der Waals surface area contributed by atoms with Crippen molar-refractivity contribution in [2.24, 2.45) is 0 Å². The number of benzene rings is 2. The number of ether oxygens (including phenoxy) is 2. The summed E-state index contributed by atoms with van der Waals surface area (Å²) in [6, 6.07) is 10.3. The van der Waals surface area contributed by atoms with Gasteiger partial charge in [-0.05, 0) is 36.4 Å². The lowest BCUT2D eigenvalue weighted by Crippen LogP contribution is -2.05. The summed E-state index contributed by atoms with van der Waals surface area (Å²) in [5.41, 5.74) is 0.757. The van der Waals surface area contributed by atoms with Gasteiger partial charge >= 0.3 is 6.18 Å². The molecule has 0 amide bonds. The fourth-order valence-electron chi connectivity index (χ4n) is 2.69. The molecule has 10 heteroatoms. The lowest BCUT2D eigenvalue weighted by molar-refractivity contribution is -0.137. The minimum atomic E-state index is -4.50. The zero-order valence-electron chi connectivity index (χ0n) is 15.0. The van der Waals surface area contributed by atoms with Crippen LogP contribution >= 0.6 is 22.9 Å². The lowest BCUT2D eigenvalue weighted by atomic mass is 10.1. The summed E-state index contributed by atoms with van der Waals surface area (Å²) >= 11 is 7.20. The number of nitriles is 1. The summed E-state index contributed by atoms with van der Waals surface area (Å²) in [4.78, 5) is 4.45. The summed E-state index contributed by atoms with van der Waals surface area (Å²) in [6.07, 6.45) is -3.22. The van der Waals surface area contributed by atoms with Crippen molar-refractivity contribution >= 4 is 34.2 Å². The van der Waals surface area contributed by atoms with Gasteiger partial charge in [0.15, 0.2) is 11.5 Å². The number of anilines is 1. The average Bonchev–Trinajstić information content (AvgIpc) is 3.37. The Balaban J connectivity index is 1.58. The summed E-state index contributed by atoms with van der Waals surface area (Å²) < 4.78 is 49.4. The Labute approximate surface area is 178 Å². The van der Waals surface area contributed by atoms with Crippen LogP contribution in [0.4, 0.5) is 18.9 Å². The standard InChI is InChI=1S/C20H11ClF3N3O2S/c21-14-3-2-13(20(22,23)24)6-15(14)26-8-12(7-25)19-27-16(9-30-19)11-1-4-17-18(5-11)29-10-28-17/h1-6,8-9,26H,10H2/b12-8-. The van der Waals surface area contributed by atoms with Crippen LogP contribution in [0.3, 0.4) is 0 Å². The highest BCUT2D eigenvalue weighted by Crippen LogP contribution is 2.37. The first-order valence-corrected chi connectivity index (χ1v) is 9.70. The van der Waals surface area contributed by atoms with Gasteiger partial charge in [-0.25, -0.2) is 4.98 Å². The highest BCUT2D eigenvalue weighted by atomic mass is 35.5. The predicted octanol–water partition coefficient (Wildman–Crippen LogP) is 6.19. The number of aromatic nitrogens is 1. The van der Waals surface area contributed by atoms with E-state index in [1.54, 1.807) is 17.5 Å². The first-order chi connectivity index (χ1) is 14.3. The van der Waals surface area contributed by atoms with Crippen molar-refractivity contribution < 1.29 is 22.6 Å². The van der Waals surface area contributed by atoms with Gasteiger partial charge in [-0.2, -0.15) is 18.4 Å². The minimum absolute atomic E-state index is 0.0341. The molecule has 3 aromatic rings. The van der Waals surface area contributed by atoms with E-state index >= 15 is 0 Å². The molecule has 2 heterocycles. The van der Waals surface area contributed by atoms with Crippen molar-refractivity contribution in [3.63, 3.8) is 0 Å². The van der Waals surface area contributed by atoms with E-state index in [-0.39, 0.29) is 23.1 Å². The van der Waals surface area contributed by atoms with Gasteiger partial charge in [0.25, 0.3) is 0 Å². The maximum Gasteiger partial charge on any atom is 0.416 e. The van der Waals surface area contributed by atoms with Gasteiger partial charge < -0.3 is 14.8 Å². The average molecular weight is 450 g/mol. The molecule has 2 aromatic carbocycles. The van der Waals surface area contributed by atoms with E-state index in [9.17, 15) is 18.4 Å². The fraction of sp³-hybridized carbons (Fsp3) is 0.100. The topological polar surface area (TPSA) is 67.2 Å². The Kier molecular flexibility index (Phi) is 5.28. The SMILES string of the molecule is N#C/C(=C/Nc1cc(C(F)(F)F)ccc1Cl)c1nc(-c2ccc3c(c2)OCO3)cs1. The van der Waals surface area contributed by atoms with Gasteiger partial charge in [0.2, 0.25) is 6.79 Å². The second kappa shape index (κ2) is 7.89. The molecule has 0 saturated heterocycles. The number of rotatable bonds is 4. The maximum absolute atomic E-state index is 12.9. The summed E-state index contributed by atoms with van der Waals surface area (Å²) in [5.74, 6) is 1.26. The molecule has 0 aliphatic carbocycles. The third kappa shape index (κ3) is 4.06. The lowest BCUT2D eigenvalue weighted by Gasteiger charge is -2.10. The van der Waals surface area contributed by atoms with Crippen LogP contribution in [-0.4, -0.2) is 11.8 Å². The number of halogens is 4. The molecule has 0 fully saturated rings. The molecule has 0 radical (unpaired) electrons. The Hall–Kier alpha value is -3.22. The molecule has 1 aliphatic rings. The number of fused-ring (bicyclic) bond motifs is 1. The zero-order chi connectivity index (χ0) is 21.3. The molecular formula is C20H11ClF3N3O2S. The van der Waals surface area contributed by atoms with E-state index < -0.39 is 11.7 Å². The number of hydrogen-bond donors (Lipinski definition) is 1. The van der Waals surface area contributed by atoms with Crippen LogP contribution in [0.1, 0.15) is 10.6 Å². The fourth-order valence-corrected chi connectivity index (χ4v) is 3.66. The van der Waals surface area contributed by atoms with Crippen molar-refractivity contribution in [3.05, 3.63) is 63.6 Å². The molecular weight excluding hydrogens is 439 g/mol. The molecule has 0 saturated carbocycles. The third-order valence-corrected chi connectivity index (χ3v) is 5.39. The van der Waals surface area contributed by atoms with Crippen molar-refractivity contribution in [2.75, 3.05) is 12.1 Å². The molecule has 0 atom stereocenters. The molecule has 1 aromatic heterocycles. The normalized spacial score (nSPS) is 13.2. The Morgan fingerprint density at radius 3 is 2.77 bits per heavy atom. The summed E-state index contributed by atoms with van der Waals surface area (Å²) in [5, 5.41) is 14.4. The molecule has 5 nitrogen and oxygen atoms in total. The van der Waals surface area contributed by atoms with E-state index in [0.29, 0.717) is 22.2 Å². The van der Waals surface area contributed by atoms with Gasteiger partial charge in [-0.15, -0.1) is 11.3 Å². The number of hydrogen-bond acceptors (Lipinski definition) is 6. The van der Waals surface area contributed by atoms with Crippen molar-refractivity contribution in [1.82, 2.24) is 4.98 Å². The van der Waals surface area contributed by atoms with Crippen LogP contribution in [0.25, 0.3) is 16.8 Å². The second-order valence-corrected chi connectivity index (χ2v) is 7.38. The molecule has 4 rings (SSSR count).